The van der Waals surface area contributed by atoms with Crippen molar-refractivity contribution < 1.29 is 0 Å². The number of hydrogen-bond acceptors (Lipinski definition) is 3. The fraction of sp³-hybridized carbons (Fsp3) is 0.692. The number of hydrogen-bond donors (Lipinski definition) is 1. The van der Waals surface area contributed by atoms with E-state index in [-0.39, 0.29) is 0 Å². The molecular formula is C13H20BrN3. The Morgan fingerprint density at radius 1 is 1.29 bits per heavy atom. The van der Waals surface area contributed by atoms with Gasteiger partial charge in [-0.15, -0.1) is 0 Å². The van der Waals surface area contributed by atoms with Crippen LogP contribution in [0.3, 0.4) is 0 Å². The first kappa shape index (κ1) is 12.8. The lowest BCUT2D eigenvalue weighted by Gasteiger charge is -2.33. The summed E-state index contributed by atoms with van der Waals surface area (Å²) < 4.78 is 0.848. The standard InChI is InChI=1S/C13H20BrN3/c1-10-16-11(14)8-12(17-10)15-9-13(2)6-4-3-5-7-13/h8H,3-7,9H2,1-2H3,(H,15,16,17). The molecular weight excluding hydrogens is 278 g/mol. The van der Waals surface area contributed by atoms with E-state index in [4.69, 9.17) is 0 Å². The van der Waals surface area contributed by atoms with Crippen molar-refractivity contribution in [1.29, 1.82) is 0 Å². The van der Waals surface area contributed by atoms with Gasteiger partial charge in [0.1, 0.15) is 16.2 Å². The van der Waals surface area contributed by atoms with E-state index in [1.807, 2.05) is 13.0 Å². The van der Waals surface area contributed by atoms with Crippen LogP contribution in [0.2, 0.25) is 0 Å². The predicted molar refractivity (Wildman–Crippen MR) is 74.2 cm³/mol. The molecule has 0 atom stereocenters. The van der Waals surface area contributed by atoms with Crippen LogP contribution in [-0.2, 0) is 0 Å². The predicted octanol–water partition coefficient (Wildman–Crippen LogP) is 3.93. The van der Waals surface area contributed by atoms with E-state index in [1.54, 1.807) is 0 Å². The normalized spacial score (nSPS) is 19.0. The topological polar surface area (TPSA) is 37.8 Å². The zero-order valence-electron chi connectivity index (χ0n) is 10.6. The molecule has 0 amide bonds. The zero-order chi connectivity index (χ0) is 12.3. The van der Waals surface area contributed by atoms with Crippen LogP contribution in [0.25, 0.3) is 0 Å². The number of rotatable bonds is 3. The van der Waals surface area contributed by atoms with Gasteiger partial charge in [0.05, 0.1) is 0 Å². The van der Waals surface area contributed by atoms with Crippen molar-refractivity contribution in [2.45, 2.75) is 46.0 Å². The third-order valence-electron chi connectivity index (χ3n) is 3.56. The van der Waals surface area contributed by atoms with Crippen molar-refractivity contribution in [3.8, 4) is 0 Å². The lowest BCUT2D eigenvalue weighted by Crippen LogP contribution is -2.29. The third kappa shape index (κ3) is 3.66. The Labute approximate surface area is 112 Å². The molecule has 1 aromatic heterocycles. The molecule has 17 heavy (non-hydrogen) atoms. The highest BCUT2D eigenvalue weighted by Gasteiger charge is 2.26. The van der Waals surface area contributed by atoms with E-state index in [0.717, 1.165) is 22.8 Å². The Bertz CT molecular complexity index is 366. The SMILES string of the molecule is Cc1nc(Br)cc(NCC2(C)CCCCC2)n1. The van der Waals surface area contributed by atoms with Crippen LogP contribution in [-0.4, -0.2) is 16.5 Å². The summed E-state index contributed by atoms with van der Waals surface area (Å²) in [6.07, 6.45) is 6.78. The second-order valence-corrected chi connectivity index (χ2v) is 6.16. The summed E-state index contributed by atoms with van der Waals surface area (Å²) >= 11 is 3.40. The molecule has 94 valence electrons. The number of nitrogens with zero attached hydrogens (tertiary/aromatic N) is 2. The fourth-order valence-corrected chi connectivity index (χ4v) is 2.98. The van der Waals surface area contributed by atoms with Gasteiger partial charge in [-0.3, -0.25) is 0 Å². The largest absolute Gasteiger partial charge is 0.369 e. The van der Waals surface area contributed by atoms with Gasteiger partial charge in [-0.1, -0.05) is 26.2 Å². The first-order valence-corrected chi connectivity index (χ1v) is 7.12. The minimum absolute atomic E-state index is 0.434. The van der Waals surface area contributed by atoms with E-state index in [0.29, 0.717) is 5.41 Å². The molecule has 1 aliphatic rings. The van der Waals surface area contributed by atoms with Gasteiger partial charge in [0.2, 0.25) is 0 Å². The lowest BCUT2D eigenvalue weighted by molar-refractivity contribution is 0.233. The van der Waals surface area contributed by atoms with Gasteiger partial charge in [-0.05, 0) is 41.1 Å². The number of aryl methyl sites for hydroxylation is 1. The van der Waals surface area contributed by atoms with Crippen molar-refractivity contribution >= 4 is 21.7 Å². The van der Waals surface area contributed by atoms with Crippen molar-refractivity contribution in [3.63, 3.8) is 0 Å². The maximum atomic E-state index is 4.40. The molecule has 1 aliphatic carbocycles. The second kappa shape index (κ2) is 5.34. The lowest BCUT2D eigenvalue weighted by atomic mass is 9.76. The fourth-order valence-electron chi connectivity index (χ4n) is 2.51. The number of halogens is 1. The van der Waals surface area contributed by atoms with Gasteiger partial charge in [0.15, 0.2) is 0 Å². The number of aromatic nitrogens is 2. The summed E-state index contributed by atoms with van der Waals surface area (Å²) in [6.45, 7) is 5.30. The van der Waals surface area contributed by atoms with Crippen LogP contribution in [0.15, 0.2) is 10.7 Å². The highest BCUT2D eigenvalue weighted by atomic mass is 79.9. The van der Waals surface area contributed by atoms with Crippen molar-refractivity contribution in [1.82, 2.24) is 9.97 Å². The summed E-state index contributed by atoms with van der Waals surface area (Å²) in [5.41, 5.74) is 0.434. The highest BCUT2D eigenvalue weighted by molar-refractivity contribution is 9.10. The second-order valence-electron chi connectivity index (χ2n) is 5.35. The Balaban J connectivity index is 1.96. The maximum Gasteiger partial charge on any atom is 0.130 e. The molecule has 0 unspecified atom stereocenters. The number of anilines is 1. The third-order valence-corrected chi connectivity index (χ3v) is 3.97. The summed E-state index contributed by atoms with van der Waals surface area (Å²) in [5.74, 6) is 1.73. The van der Waals surface area contributed by atoms with E-state index in [9.17, 15) is 0 Å². The maximum absolute atomic E-state index is 4.40. The highest BCUT2D eigenvalue weighted by Crippen LogP contribution is 2.35. The Morgan fingerprint density at radius 2 is 2.00 bits per heavy atom. The Hall–Kier alpha value is -0.640. The van der Waals surface area contributed by atoms with Crippen LogP contribution >= 0.6 is 15.9 Å². The molecule has 4 heteroatoms. The molecule has 1 heterocycles. The molecule has 1 aromatic rings. The van der Waals surface area contributed by atoms with Crippen molar-refractivity contribution in [2.75, 3.05) is 11.9 Å². The molecule has 0 aromatic carbocycles. The van der Waals surface area contributed by atoms with E-state index in [1.165, 1.54) is 32.1 Å². The molecule has 0 saturated heterocycles. The van der Waals surface area contributed by atoms with Gasteiger partial charge in [0.25, 0.3) is 0 Å². The molecule has 1 saturated carbocycles. The summed E-state index contributed by atoms with van der Waals surface area (Å²) in [4.78, 5) is 8.61. The van der Waals surface area contributed by atoms with Crippen LogP contribution in [0.1, 0.15) is 44.9 Å². The van der Waals surface area contributed by atoms with Gasteiger partial charge in [-0.2, -0.15) is 0 Å². The molecule has 0 radical (unpaired) electrons. The van der Waals surface area contributed by atoms with Crippen LogP contribution in [0, 0.1) is 12.3 Å². The van der Waals surface area contributed by atoms with Gasteiger partial charge < -0.3 is 5.32 Å². The molecule has 1 fully saturated rings. The summed E-state index contributed by atoms with van der Waals surface area (Å²) in [5, 5.41) is 3.46. The van der Waals surface area contributed by atoms with Crippen molar-refractivity contribution in [3.05, 3.63) is 16.5 Å². The molecule has 0 aliphatic heterocycles. The molecule has 0 bridgehead atoms. The zero-order valence-corrected chi connectivity index (χ0v) is 12.2. The molecule has 0 spiro atoms. The molecule has 3 nitrogen and oxygen atoms in total. The van der Waals surface area contributed by atoms with Gasteiger partial charge >= 0.3 is 0 Å². The first-order valence-electron chi connectivity index (χ1n) is 6.32. The summed E-state index contributed by atoms with van der Waals surface area (Å²) in [6, 6.07) is 1.94. The van der Waals surface area contributed by atoms with Crippen LogP contribution < -0.4 is 5.32 Å². The van der Waals surface area contributed by atoms with Gasteiger partial charge in [-0.25, -0.2) is 9.97 Å². The monoisotopic (exact) mass is 297 g/mol. The van der Waals surface area contributed by atoms with Crippen LogP contribution in [0.4, 0.5) is 5.82 Å². The average Bonchev–Trinajstić information content (AvgIpc) is 2.26. The minimum Gasteiger partial charge on any atom is -0.369 e. The quantitative estimate of drug-likeness (QED) is 0.859. The first-order chi connectivity index (χ1) is 8.07. The Kier molecular flexibility index (Phi) is 4.02. The van der Waals surface area contributed by atoms with Crippen LogP contribution in [0.5, 0.6) is 0 Å². The van der Waals surface area contributed by atoms with Gasteiger partial charge in [0, 0.05) is 12.6 Å². The van der Waals surface area contributed by atoms with E-state index in [2.05, 4.69) is 38.1 Å². The number of nitrogens with one attached hydrogen (secondary N) is 1. The van der Waals surface area contributed by atoms with E-state index >= 15 is 0 Å². The smallest absolute Gasteiger partial charge is 0.130 e. The summed E-state index contributed by atoms with van der Waals surface area (Å²) in [7, 11) is 0. The average molecular weight is 298 g/mol. The molecule has 2 rings (SSSR count). The Morgan fingerprint density at radius 3 is 2.65 bits per heavy atom. The van der Waals surface area contributed by atoms with E-state index < -0.39 is 0 Å². The van der Waals surface area contributed by atoms with Crippen molar-refractivity contribution in [2.24, 2.45) is 5.41 Å². The molecule has 1 N–H and O–H groups in total. The minimum atomic E-state index is 0.434.